The van der Waals surface area contributed by atoms with E-state index in [9.17, 15) is 0 Å². The molecular weight excluding hydrogens is 198 g/mol. The standard InChI is InChI=1S/C11H13N3.C2H6/c1-2-12-11-8-10(13-14-11)9-6-4-3-5-7-9;1-2/h3-8H,2H2,1H3,(H2,12,13,14);1-2H3. The predicted molar refractivity (Wildman–Crippen MR) is 69.5 cm³/mol. The van der Waals surface area contributed by atoms with E-state index < -0.39 is 0 Å². The molecule has 0 bridgehead atoms. The molecule has 0 aliphatic carbocycles. The Kier molecular flexibility index (Phi) is 5.12. The highest BCUT2D eigenvalue weighted by Gasteiger charge is 2.00. The van der Waals surface area contributed by atoms with Crippen LogP contribution in [-0.4, -0.2) is 16.7 Å². The number of hydrogen-bond acceptors (Lipinski definition) is 2. The summed E-state index contributed by atoms with van der Waals surface area (Å²) in [5.74, 6) is 0.895. The third-order valence-corrected chi connectivity index (χ3v) is 2.02. The fourth-order valence-electron chi connectivity index (χ4n) is 1.36. The van der Waals surface area contributed by atoms with Crippen LogP contribution in [0.1, 0.15) is 20.8 Å². The number of nitrogens with zero attached hydrogens (tertiary/aromatic N) is 1. The minimum Gasteiger partial charge on any atom is -0.369 e. The highest BCUT2D eigenvalue weighted by molar-refractivity contribution is 5.62. The lowest BCUT2D eigenvalue weighted by atomic mass is 10.2. The summed E-state index contributed by atoms with van der Waals surface area (Å²) in [7, 11) is 0. The van der Waals surface area contributed by atoms with Gasteiger partial charge in [0.15, 0.2) is 0 Å². The minimum absolute atomic E-state index is 0.888. The highest BCUT2D eigenvalue weighted by atomic mass is 15.2. The molecule has 2 rings (SSSR count). The van der Waals surface area contributed by atoms with Gasteiger partial charge in [0.25, 0.3) is 0 Å². The summed E-state index contributed by atoms with van der Waals surface area (Å²) in [5, 5.41) is 10.3. The van der Waals surface area contributed by atoms with E-state index in [1.54, 1.807) is 0 Å². The quantitative estimate of drug-likeness (QED) is 0.825. The van der Waals surface area contributed by atoms with E-state index >= 15 is 0 Å². The number of benzene rings is 1. The second kappa shape index (κ2) is 6.67. The Bertz CT molecular complexity index is 393. The van der Waals surface area contributed by atoms with Crippen LogP contribution in [0.5, 0.6) is 0 Å². The zero-order valence-corrected chi connectivity index (χ0v) is 10.1. The van der Waals surface area contributed by atoms with Crippen LogP contribution in [0.2, 0.25) is 0 Å². The second-order valence-corrected chi connectivity index (χ2v) is 3.06. The van der Waals surface area contributed by atoms with Crippen molar-refractivity contribution in [2.24, 2.45) is 0 Å². The molecular formula is C13H19N3. The Hall–Kier alpha value is -1.77. The van der Waals surface area contributed by atoms with Crippen molar-refractivity contribution < 1.29 is 0 Å². The molecule has 2 N–H and O–H groups in total. The number of aromatic nitrogens is 2. The first-order chi connectivity index (χ1) is 7.90. The monoisotopic (exact) mass is 217 g/mol. The summed E-state index contributed by atoms with van der Waals surface area (Å²) in [6, 6.07) is 12.2. The molecule has 2 aromatic rings. The lowest BCUT2D eigenvalue weighted by molar-refractivity contribution is 1.07. The van der Waals surface area contributed by atoms with Gasteiger partial charge in [-0.3, -0.25) is 5.10 Å². The molecule has 3 nitrogen and oxygen atoms in total. The molecule has 0 amide bonds. The smallest absolute Gasteiger partial charge is 0.148 e. The largest absolute Gasteiger partial charge is 0.369 e. The molecule has 1 aromatic carbocycles. The van der Waals surface area contributed by atoms with Gasteiger partial charge in [-0.2, -0.15) is 5.10 Å². The van der Waals surface area contributed by atoms with Gasteiger partial charge in [0, 0.05) is 12.6 Å². The van der Waals surface area contributed by atoms with Crippen molar-refractivity contribution in [2.75, 3.05) is 11.9 Å². The van der Waals surface area contributed by atoms with Crippen LogP contribution in [0.4, 0.5) is 5.82 Å². The zero-order valence-electron chi connectivity index (χ0n) is 10.1. The van der Waals surface area contributed by atoms with Gasteiger partial charge >= 0.3 is 0 Å². The Morgan fingerprint density at radius 3 is 2.50 bits per heavy atom. The molecule has 3 heteroatoms. The van der Waals surface area contributed by atoms with Gasteiger partial charge in [0.1, 0.15) is 5.82 Å². The Morgan fingerprint density at radius 2 is 1.88 bits per heavy atom. The maximum atomic E-state index is 4.15. The molecule has 0 spiro atoms. The number of aromatic amines is 1. The number of nitrogens with one attached hydrogen (secondary N) is 2. The Balaban J connectivity index is 0.000000606. The Morgan fingerprint density at radius 1 is 1.19 bits per heavy atom. The summed E-state index contributed by atoms with van der Waals surface area (Å²) in [6.45, 7) is 6.94. The molecule has 0 aliphatic rings. The average Bonchev–Trinajstić information content (AvgIpc) is 2.82. The van der Waals surface area contributed by atoms with Crippen molar-refractivity contribution in [3.8, 4) is 11.3 Å². The van der Waals surface area contributed by atoms with Crippen molar-refractivity contribution in [3.63, 3.8) is 0 Å². The second-order valence-electron chi connectivity index (χ2n) is 3.06. The SMILES string of the molecule is CC.CCNc1cc(-c2ccccc2)[nH]n1. The third-order valence-electron chi connectivity index (χ3n) is 2.02. The predicted octanol–water partition coefficient (Wildman–Crippen LogP) is 3.53. The van der Waals surface area contributed by atoms with Crippen molar-refractivity contribution in [2.45, 2.75) is 20.8 Å². The Labute approximate surface area is 96.9 Å². The molecule has 0 unspecified atom stereocenters. The maximum Gasteiger partial charge on any atom is 0.148 e. The van der Waals surface area contributed by atoms with Crippen molar-refractivity contribution in [3.05, 3.63) is 36.4 Å². The first-order valence-corrected chi connectivity index (χ1v) is 5.75. The third kappa shape index (κ3) is 3.12. The summed E-state index contributed by atoms with van der Waals surface area (Å²) in [4.78, 5) is 0. The van der Waals surface area contributed by atoms with Gasteiger partial charge in [-0.1, -0.05) is 44.2 Å². The molecule has 0 aliphatic heterocycles. The van der Waals surface area contributed by atoms with E-state index in [2.05, 4.69) is 34.6 Å². The highest BCUT2D eigenvalue weighted by Crippen LogP contribution is 2.18. The summed E-state index contributed by atoms with van der Waals surface area (Å²) < 4.78 is 0. The van der Waals surface area contributed by atoms with E-state index in [4.69, 9.17) is 0 Å². The van der Waals surface area contributed by atoms with Crippen LogP contribution < -0.4 is 5.32 Å². The average molecular weight is 217 g/mol. The van der Waals surface area contributed by atoms with Crippen molar-refractivity contribution in [1.29, 1.82) is 0 Å². The topological polar surface area (TPSA) is 40.7 Å². The van der Waals surface area contributed by atoms with Crippen LogP contribution in [-0.2, 0) is 0 Å². The van der Waals surface area contributed by atoms with Gasteiger partial charge in [-0.05, 0) is 12.5 Å². The maximum absolute atomic E-state index is 4.15. The number of H-pyrrole nitrogens is 1. The molecule has 1 heterocycles. The molecule has 16 heavy (non-hydrogen) atoms. The number of rotatable bonds is 3. The molecule has 0 atom stereocenters. The van der Waals surface area contributed by atoms with Crippen LogP contribution in [0.25, 0.3) is 11.3 Å². The summed E-state index contributed by atoms with van der Waals surface area (Å²) >= 11 is 0. The van der Waals surface area contributed by atoms with E-state index in [1.807, 2.05) is 38.1 Å². The van der Waals surface area contributed by atoms with Gasteiger partial charge in [0.2, 0.25) is 0 Å². The van der Waals surface area contributed by atoms with E-state index in [0.717, 1.165) is 23.6 Å². The molecule has 86 valence electrons. The van der Waals surface area contributed by atoms with Crippen LogP contribution in [0.3, 0.4) is 0 Å². The minimum atomic E-state index is 0.888. The van der Waals surface area contributed by atoms with Crippen LogP contribution in [0.15, 0.2) is 36.4 Å². The fourth-order valence-corrected chi connectivity index (χ4v) is 1.36. The molecule has 0 saturated heterocycles. The lowest BCUT2D eigenvalue weighted by Crippen LogP contribution is -1.95. The van der Waals surface area contributed by atoms with Gasteiger partial charge in [0.05, 0.1) is 5.69 Å². The lowest BCUT2D eigenvalue weighted by Gasteiger charge is -1.94. The van der Waals surface area contributed by atoms with Gasteiger partial charge < -0.3 is 5.32 Å². The van der Waals surface area contributed by atoms with Gasteiger partial charge in [-0.15, -0.1) is 0 Å². The first-order valence-electron chi connectivity index (χ1n) is 5.75. The number of hydrogen-bond donors (Lipinski definition) is 2. The summed E-state index contributed by atoms with van der Waals surface area (Å²) in [6.07, 6.45) is 0. The normalized spacial score (nSPS) is 9.19. The zero-order chi connectivity index (χ0) is 11.8. The fraction of sp³-hybridized carbons (Fsp3) is 0.308. The van der Waals surface area contributed by atoms with Crippen molar-refractivity contribution in [1.82, 2.24) is 10.2 Å². The number of anilines is 1. The van der Waals surface area contributed by atoms with Crippen LogP contribution in [0, 0.1) is 0 Å². The van der Waals surface area contributed by atoms with E-state index in [1.165, 1.54) is 0 Å². The van der Waals surface area contributed by atoms with Crippen molar-refractivity contribution >= 4 is 5.82 Å². The van der Waals surface area contributed by atoms with E-state index in [-0.39, 0.29) is 0 Å². The summed E-state index contributed by atoms with van der Waals surface area (Å²) in [5.41, 5.74) is 2.20. The molecule has 0 radical (unpaired) electrons. The molecule has 1 aromatic heterocycles. The van der Waals surface area contributed by atoms with E-state index in [0.29, 0.717) is 0 Å². The first kappa shape index (κ1) is 12.3. The molecule has 0 fully saturated rings. The molecule has 0 saturated carbocycles. The van der Waals surface area contributed by atoms with Gasteiger partial charge in [-0.25, -0.2) is 0 Å². The van der Waals surface area contributed by atoms with Crippen LogP contribution >= 0.6 is 0 Å².